The molecule has 1 heteroatoms. The summed E-state index contributed by atoms with van der Waals surface area (Å²) in [6, 6.07) is 0. The monoisotopic (exact) mass is 109 g/mol. The number of terminal acetylenes is 1. The highest BCUT2D eigenvalue weighted by Gasteiger charge is 1.88. The maximum Gasteiger partial charge on any atom is 0.0785 e. The summed E-state index contributed by atoms with van der Waals surface area (Å²) in [5.74, 6) is 2.51. The highest BCUT2D eigenvalue weighted by Crippen LogP contribution is 1.91. The molecule has 0 aliphatic heterocycles. The van der Waals surface area contributed by atoms with Crippen LogP contribution in [0.5, 0.6) is 0 Å². The molecule has 0 heterocycles. The van der Waals surface area contributed by atoms with Gasteiger partial charge in [0, 0.05) is 12.7 Å². The van der Waals surface area contributed by atoms with E-state index in [0.29, 0.717) is 6.54 Å². The normalized spacial score (nSPS) is 7.62. The summed E-state index contributed by atoms with van der Waals surface area (Å²) in [5.41, 5.74) is 1.00. The Kier molecular flexibility index (Phi) is 2.79. The lowest BCUT2D eigenvalue weighted by Crippen LogP contribution is -2.14. The quantitative estimate of drug-likeness (QED) is 0.480. The molecule has 0 atom stereocenters. The van der Waals surface area contributed by atoms with Gasteiger partial charge in [-0.25, -0.2) is 0 Å². The smallest absolute Gasteiger partial charge is 0.0785 e. The van der Waals surface area contributed by atoms with E-state index in [1.165, 1.54) is 0 Å². The van der Waals surface area contributed by atoms with Gasteiger partial charge in [-0.05, 0) is 6.92 Å². The van der Waals surface area contributed by atoms with Crippen LogP contribution in [0.3, 0.4) is 0 Å². The highest BCUT2D eigenvalue weighted by molar-refractivity contribution is 4.95. The average molecular weight is 109 g/mol. The van der Waals surface area contributed by atoms with E-state index in [1.807, 2.05) is 18.9 Å². The molecule has 44 valence electrons. The van der Waals surface area contributed by atoms with Crippen LogP contribution in [0.4, 0.5) is 0 Å². The minimum atomic E-state index is 0.648. The maximum atomic E-state index is 5.03. The molecule has 0 amide bonds. The van der Waals surface area contributed by atoms with Gasteiger partial charge < -0.3 is 4.90 Å². The van der Waals surface area contributed by atoms with Crippen molar-refractivity contribution in [2.45, 2.75) is 6.92 Å². The molecule has 0 radical (unpaired) electrons. The Bertz CT molecular complexity index is 119. The Morgan fingerprint density at radius 3 is 2.50 bits per heavy atom. The van der Waals surface area contributed by atoms with Crippen molar-refractivity contribution in [1.29, 1.82) is 0 Å². The van der Waals surface area contributed by atoms with Gasteiger partial charge in [-0.1, -0.05) is 12.5 Å². The molecule has 1 nitrogen and oxygen atoms in total. The summed E-state index contributed by atoms with van der Waals surface area (Å²) >= 11 is 0. The lowest BCUT2D eigenvalue weighted by atomic mass is 10.5. The predicted molar refractivity (Wildman–Crippen MR) is 36.3 cm³/mol. The highest BCUT2D eigenvalue weighted by atomic mass is 15.1. The Balaban J connectivity index is 3.52. The molecule has 0 aliphatic carbocycles. The second kappa shape index (κ2) is 3.15. The number of nitrogens with zero attached hydrogens (tertiary/aromatic N) is 1. The van der Waals surface area contributed by atoms with Crippen molar-refractivity contribution in [2.24, 2.45) is 0 Å². The largest absolute Gasteiger partial charge is 0.367 e. The van der Waals surface area contributed by atoms with E-state index in [2.05, 4.69) is 12.5 Å². The maximum absolute atomic E-state index is 5.03. The van der Waals surface area contributed by atoms with Crippen molar-refractivity contribution >= 4 is 0 Å². The third-order valence-corrected chi connectivity index (χ3v) is 0.980. The molecule has 0 aromatic carbocycles. The lowest BCUT2D eigenvalue weighted by Gasteiger charge is -2.13. The fraction of sp³-hybridized carbons (Fsp3) is 0.429. The van der Waals surface area contributed by atoms with Crippen molar-refractivity contribution in [2.75, 3.05) is 13.6 Å². The molecule has 0 unspecified atom stereocenters. The van der Waals surface area contributed by atoms with Crippen LogP contribution in [0.25, 0.3) is 0 Å². The van der Waals surface area contributed by atoms with Gasteiger partial charge in [0.25, 0.3) is 0 Å². The van der Waals surface area contributed by atoms with Gasteiger partial charge in [0.2, 0.25) is 0 Å². The predicted octanol–water partition coefficient (Wildman–Crippen LogP) is 1.08. The average Bonchev–Trinajstić information content (AvgIpc) is 1.67. The van der Waals surface area contributed by atoms with Gasteiger partial charge in [-0.15, -0.1) is 6.42 Å². The van der Waals surface area contributed by atoms with E-state index in [0.717, 1.165) is 5.70 Å². The van der Waals surface area contributed by atoms with Gasteiger partial charge >= 0.3 is 0 Å². The summed E-state index contributed by atoms with van der Waals surface area (Å²) in [6.45, 7) is 6.28. The van der Waals surface area contributed by atoms with Gasteiger partial charge in [-0.3, -0.25) is 0 Å². The van der Waals surface area contributed by atoms with E-state index >= 15 is 0 Å². The molecule has 0 aromatic heterocycles. The van der Waals surface area contributed by atoms with Crippen molar-refractivity contribution in [3.05, 3.63) is 12.3 Å². The van der Waals surface area contributed by atoms with Crippen LogP contribution in [-0.4, -0.2) is 18.5 Å². The van der Waals surface area contributed by atoms with Crippen molar-refractivity contribution < 1.29 is 0 Å². The Morgan fingerprint density at radius 2 is 2.38 bits per heavy atom. The second-order valence-corrected chi connectivity index (χ2v) is 1.80. The van der Waals surface area contributed by atoms with Gasteiger partial charge in [0.15, 0.2) is 0 Å². The number of hydrogen-bond acceptors (Lipinski definition) is 1. The third kappa shape index (κ3) is 2.30. The zero-order valence-electron chi connectivity index (χ0n) is 5.44. The van der Waals surface area contributed by atoms with Gasteiger partial charge in [0.1, 0.15) is 0 Å². The number of hydrogen-bond donors (Lipinski definition) is 0. The van der Waals surface area contributed by atoms with Crippen LogP contribution in [0.2, 0.25) is 0 Å². The van der Waals surface area contributed by atoms with Crippen LogP contribution in [0, 0.1) is 12.3 Å². The zero-order valence-corrected chi connectivity index (χ0v) is 5.44. The lowest BCUT2D eigenvalue weighted by molar-refractivity contribution is 0.475. The van der Waals surface area contributed by atoms with Gasteiger partial charge in [-0.2, -0.15) is 0 Å². The first kappa shape index (κ1) is 7.10. The minimum absolute atomic E-state index is 0.648. The van der Waals surface area contributed by atoms with Crippen molar-refractivity contribution in [3.63, 3.8) is 0 Å². The first-order valence-electron chi connectivity index (χ1n) is 2.48. The van der Waals surface area contributed by atoms with E-state index in [1.54, 1.807) is 0 Å². The second-order valence-electron chi connectivity index (χ2n) is 1.80. The molecule has 0 saturated carbocycles. The minimum Gasteiger partial charge on any atom is -0.367 e. The summed E-state index contributed by atoms with van der Waals surface area (Å²) in [7, 11) is 1.92. The Labute approximate surface area is 51.0 Å². The topological polar surface area (TPSA) is 3.24 Å². The molecular weight excluding hydrogens is 98.1 g/mol. The SMILES string of the molecule is C#CCN(C)C(=C)C. The molecule has 0 fully saturated rings. The molecule has 0 spiro atoms. The number of rotatable bonds is 2. The molecule has 0 bridgehead atoms. The summed E-state index contributed by atoms with van der Waals surface area (Å²) in [4.78, 5) is 1.92. The van der Waals surface area contributed by atoms with Crippen LogP contribution in [0.1, 0.15) is 6.92 Å². The van der Waals surface area contributed by atoms with Crippen LogP contribution >= 0.6 is 0 Å². The first-order valence-corrected chi connectivity index (χ1v) is 2.48. The Morgan fingerprint density at radius 1 is 1.88 bits per heavy atom. The number of allylic oxidation sites excluding steroid dienone is 1. The van der Waals surface area contributed by atoms with E-state index in [-0.39, 0.29) is 0 Å². The fourth-order valence-corrected chi connectivity index (χ4v) is 0.272. The Hall–Kier alpha value is -0.900. The standard InChI is InChI=1S/C7H11N/c1-5-6-8(4)7(2)3/h1H,2,6H2,3-4H3. The van der Waals surface area contributed by atoms with Crippen LogP contribution in [-0.2, 0) is 0 Å². The fourth-order valence-electron chi connectivity index (χ4n) is 0.272. The summed E-state index contributed by atoms with van der Waals surface area (Å²) in [5, 5.41) is 0. The van der Waals surface area contributed by atoms with E-state index < -0.39 is 0 Å². The molecule has 0 aliphatic rings. The third-order valence-electron chi connectivity index (χ3n) is 0.980. The zero-order chi connectivity index (χ0) is 6.57. The molecule has 0 N–H and O–H groups in total. The van der Waals surface area contributed by atoms with Gasteiger partial charge in [0.05, 0.1) is 6.54 Å². The van der Waals surface area contributed by atoms with Crippen LogP contribution < -0.4 is 0 Å². The molecule has 0 saturated heterocycles. The summed E-state index contributed by atoms with van der Waals surface area (Å²) < 4.78 is 0. The summed E-state index contributed by atoms with van der Waals surface area (Å²) in [6.07, 6.45) is 5.03. The first-order chi connectivity index (χ1) is 3.68. The van der Waals surface area contributed by atoms with Crippen molar-refractivity contribution in [1.82, 2.24) is 4.90 Å². The van der Waals surface area contributed by atoms with Crippen LogP contribution in [0.15, 0.2) is 12.3 Å². The van der Waals surface area contributed by atoms with E-state index in [9.17, 15) is 0 Å². The molecular formula is C7H11N. The van der Waals surface area contributed by atoms with E-state index in [4.69, 9.17) is 6.42 Å². The van der Waals surface area contributed by atoms with Crippen molar-refractivity contribution in [3.8, 4) is 12.3 Å². The molecule has 0 aromatic rings. The molecule has 8 heavy (non-hydrogen) atoms. The molecule has 0 rings (SSSR count).